The highest BCUT2D eigenvalue weighted by molar-refractivity contribution is 6.31. The second-order valence-electron chi connectivity index (χ2n) is 6.33. The van der Waals surface area contributed by atoms with Crippen molar-refractivity contribution in [3.63, 3.8) is 0 Å². The van der Waals surface area contributed by atoms with Crippen molar-refractivity contribution in [3.8, 4) is 0 Å². The van der Waals surface area contributed by atoms with Crippen LogP contribution in [0.25, 0.3) is 0 Å². The summed E-state index contributed by atoms with van der Waals surface area (Å²) in [5.74, 6) is 0.0532. The SMILES string of the molecule is C[C@H](CNC(=O)c1ccc(Cl)cc1N1CCCC1=O)c1ccccc1. The zero-order chi connectivity index (χ0) is 17.8. The van der Waals surface area contributed by atoms with Gasteiger partial charge in [0.05, 0.1) is 11.3 Å². The number of amides is 2. The van der Waals surface area contributed by atoms with Gasteiger partial charge in [0, 0.05) is 24.5 Å². The Balaban J connectivity index is 1.75. The van der Waals surface area contributed by atoms with Crippen LogP contribution in [-0.2, 0) is 4.79 Å². The number of hydrogen-bond donors (Lipinski definition) is 1. The number of anilines is 1. The molecule has 0 bridgehead atoms. The summed E-state index contributed by atoms with van der Waals surface area (Å²) in [7, 11) is 0. The Bertz CT molecular complexity index is 777. The molecule has 1 saturated heterocycles. The van der Waals surface area contributed by atoms with Gasteiger partial charge in [-0.25, -0.2) is 0 Å². The van der Waals surface area contributed by atoms with E-state index in [4.69, 9.17) is 11.6 Å². The number of benzene rings is 2. The van der Waals surface area contributed by atoms with E-state index in [1.54, 1.807) is 23.1 Å². The Labute approximate surface area is 152 Å². The van der Waals surface area contributed by atoms with E-state index >= 15 is 0 Å². The first-order chi connectivity index (χ1) is 12.1. The fraction of sp³-hybridized carbons (Fsp3) is 0.300. The van der Waals surface area contributed by atoms with E-state index in [2.05, 4.69) is 12.2 Å². The van der Waals surface area contributed by atoms with Crippen LogP contribution in [0.1, 0.15) is 41.6 Å². The standard InChI is InChI=1S/C20H21ClN2O2/c1-14(15-6-3-2-4-7-15)13-22-20(25)17-10-9-16(21)12-18(17)23-11-5-8-19(23)24/h2-4,6-7,9-10,12,14H,5,8,11,13H2,1H3,(H,22,25)/t14-/m1/s1. The number of nitrogens with one attached hydrogen (secondary N) is 1. The average molecular weight is 357 g/mol. The van der Waals surface area contributed by atoms with Crippen LogP contribution in [0.4, 0.5) is 5.69 Å². The summed E-state index contributed by atoms with van der Waals surface area (Å²) in [6.45, 7) is 3.22. The van der Waals surface area contributed by atoms with Gasteiger partial charge in [-0.05, 0) is 36.1 Å². The highest BCUT2D eigenvalue weighted by Crippen LogP contribution is 2.28. The molecule has 25 heavy (non-hydrogen) atoms. The van der Waals surface area contributed by atoms with Gasteiger partial charge < -0.3 is 10.2 Å². The summed E-state index contributed by atoms with van der Waals surface area (Å²) < 4.78 is 0. The van der Waals surface area contributed by atoms with E-state index < -0.39 is 0 Å². The van der Waals surface area contributed by atoms with Crippen LogP contribution in [0.5, 0.6) is 0 Å². The molecule has 2 aromatic carbocycles. The van der Waals surface area contributed by atoms with Gasteiger partial charge in [0.2, 0.25) is 5.91 Å². The Hall–Kier alpha value is -2.33. The maximum absolute atomic E-state index is 12.7. The Kier molecular flexibility index (Phi) is 5.39. The Morgan fingerprint density at radius 2 is 2.00 bits per heavy atom. The van der Waals surface area contributed by atoms with Crippen molar-refractivity contribution in [1.29, 1.82) is 0 Å². The molecule has 5 heteroatoms. The van der Waals surface area contributed by atoms with Crippen molar-refractivity contribution < 1.29 is 9.59 Å². The van der Waals surface area contributed by atoms with Crippen LogP contribution < -0.4 is 10.2 Å². The zero-order valence-electron chi connectivity index (χ0n) is 14.2. The third-order valence-corrected chi connectivity index (χ3v) is 4.74. The molecule has 1 aliphatic heterocycles. The van der Waals surface area contributed by atoms with E-state index in [1.807, 2.05) is 30.3 Å². The number of halogens is 1. The van der Waals surface area contributed by atoms with Gasteiger partial charge in [0.15, 0.2) is 0 Å². The number of hydrogen-bond acceptors (Lipinski definition) is 2. The van der Waals surface area contributed by atoms with E-state index in [0.29, 0.717) is 35.8 Å². The molecule has 130 valence electrons. The van der Waals surface area contributed by atoms with Crippen LogP contribution in [0.2, 0.25) is 5.02 Å². The van der Waals surface area contributed by atoms with Crippen LogP contribution >= 0.6 is 11.6 Å². The van der Waals surface area contributed by atoms with E-state index in [9.17, 15) is 9.59 Å². The van der Waals surface area contributed by atoms with Gasteiger partial charge in [0.25, 0.3) is 5.91 Å². The summed E-state index contributed by atoms with van der Waals surface area (Å²) >= 11 is 6.09. The molecule has 2 aromatic rings. The number of rotatable bonds is 5. The first-order valence-corrected chi connectivity index (χ1v) is 8.87. The molecule has 0 radical (unpaired) electrons. The third kappa shape index (κ3) is 4.02. The monoisotopic (exact) mass is 356 g/mol. The molecule has 0 unspecified atom stereocenters. The van der Waals surface area contributed by atoms with Gasteiger partial charge in [-0.2, -0.15) is 0 Å². The topological polar surface area (TPSA) is 49.4 Å². The minimum Gasteiger partial charge on any atom is -0.351 e. The molecule has 0 aromatic heterocycles. The quantitative estimate of drug-likeness (QED) is 0.880. The third-order valence-electron chi connectivity index (χ3n) is 4.51. The molecule has 1 aliphatic rings. The largest absolute Gasteiger partial charge is 0.351 e. The van der Waals surface area contributed by atoms with Crippen LogP contribution in [0.15, 0.2) is 48.5 Å². The van der Waals surface area contributed by atoms with E-state index in [-0.39, 0.29) is 17.7 Å². The molecule has 3 rings (SSSR count). The van der Waals surface area contributed by atoms with Crippen molar-refractivity contribution in [3.05, 3.63) is 64.7 Å². The lowest BCUT2D eigenvalue weighted by Crippen LogP contribution is -2.31. The van der Waals surface area contributed by atoms with Crippen LogP contribution in [-0.4, -0.2) is 24.9 Å². The average Bonchev–Trinajstić information content (AvgIpc) is 3.06. The lowest BCUT2D eigenvalue weighted by molar-refractivity contribution is -0.117. The molecule has 4 nitrogen and oxygen atoms in total. The predicted octanol–water partition coefficient (Wildman–Crippen LogP) is 4.00. The number of nitrogens with zero attached hydrogens (tertiary/aromatic N) is 1. The van der Waals surface area contributed by atoms with Crippen molar-refractivity contribution in [2.75, 3.05) is 18.0 Å². The fourth-order valence-electron chi connectivity index (χ4n) is 3.06. The van der Waals surface area contributed by atoms with E-state index in [0.717, 1.165) is 6.42 Å². The Morgan fingerprint density at radius 1 is 1.24 bits per heavy atom. The summed E-state index contributed by atoms with van der Waals surface area (Å²) in [6.07, 6.45) is 1.32. The molecule has 2 amide bonds. The molecule has 1 fully saturated rings. The summed E-state index contributed by atoms with van der Waals surface area (Å²) in [5.41, 5.74) is 2.26. The van der Waals surface area contributed by atoms with Crippen molar-refractivity contribution in [2.24, 2.45) is 0 Å². The maximum Gasteiger partial charge on any atom is 0.253 e. The summed E-state index contributed by atoms with van der Waals surface area (Å²) in [4.78, 5) is 26.4. The minimum atomic E-state index is -0.186. The molecular formula is C20H21ClN2O2. The molecule has 1 atom stereocenters. The van der Waals surface area contributed by atoms with Crippen LogP contribution in [0.3, 0.4) is 0 Å². The molecule has 0 spiro atoms. The summed E-state index contributed by atoms with van der Waals surface area (Å²) in [6, 6.07) is 15.1. The molecule has 1 N–H and O–H groups in total. The lowest BCUT2D eigenvalue weighted by Gasteiger charge is -2.20. The van der Waals surface area contributed by atoms with Gasteiger partial charge >= 0.3 is 0 Å². The molecular weight excluding hydrogens is 336 g/mol. The number of carbonyl (C=O) groups excluding carboxylic acids is 2. The van der Waals surface area contributed by atoms with Gasteiger partial charge in [-0.3, -0.25) is 9.59 Å². The molecule has 0 aliphatic carbocycles. The highest BCUT2D eigenvalue weighted by atomic mass is 35.5. The van der Waals surface area contributed by atoms with E-state index in [1.165, 1.54) is 5.56 Å². The van der Waals surface area contributed by atoms with Gasteiger partial charge in [-0.1, -0.05) is 48.9 Å². The van der Waals surface area contributed by atoms with Crippen molar-refractivity contribution in [2.45, 2.75) is 25.7 Å². The first kappa shape index (κ1) is 17.5. The number of carbonyl (C=O) groups is 2. The van der Waals surface area contributed by atoms with Crippen molar-refractivity contribution >= 4 is 29.1 Å². The second kappa shape index (κ2) is 7.70. The first-order valence-electron chi connectivity index (χ1n) is 8.49. The van der Waals surface area contributed by atoms with Crippen LogP contribution in [0, 0.1) is 0 Å². The fourth-order valence-corrected chi connectivity index (χ4v) is 3.23. The second-order valence-corrected chi connectivity index (χ2v) is 6.77. The van der Waals surface area contributed by atoms with Gasteiger partial charge in [0.1, 0.15) is 0 Å². The maximum atomic E-state index is 12.7. The highest BCUT2D eigenvalue weighted by Gasteiger charge is 2.26. The lowest BCUT2D eigenvalue weighted by atomic mass is 10.0. The molecule has 0 saturated carbocycles. The zero-order valence-corrected chi connectivity index (χ0v) is 14.9. The Morgan fingerprint density at radius 3 is 2.68 bits per heavy atom. The summed E-state index contributed by atoms with van der Waals surface area (Å²) in [5, 5.41) is 3.49. The smallest absolute Gasteiger partial charge is 0.253 e. The molecule has 1 heterocycles. The normalized spacial score (nSPS) is 15.3. The van der Waals surface area contributed by atoms with Gasteiger partial charge in [-0.15, -0.1) is 0 Å². The minimum absolute atomic E-state index is 0.0361. The van der Waals surface area contributed by atoms with Crippen molar-refractivity contribution in [1.82, 2.24) is 5.32 Å². The predicted molar refractivity (Wildman–Crippen MR) is 100 cm³/mol.